The number of likely N-dealkylation sites (N-methyl/N-ethyl adjacent to an activating group) is 1. The van der Waals surface area contributed by atoms with Crippen molar-refractivity contribution in [3.63, 3.8) is 0 Å². The van der Waals surface area contributed by atoms with Gasteiger partial charge < -0.3 is 15.0 Å². The van der Waals surface area contributed by atoms with Crippen molar-refractivity contribution in [2.45, 2.75) is 46.1 Å². The van der Waals surface area contributed by atoms with Crippen LogP contribution in [0.3, 0.4) is 0 Å². The minimum atomic E-state index is -0.565. The molecule has 0 aromatic carbocycles. The van der Waals surface area contributed by atoms with Gasteiger partial charge in [-0.1, -0.05) is 20.8 Å². The summed E-state index contributed by atoms with van der Waals surface area (Å²) in [6.07, 6.45) is 1.92. The molecule has 0 spiro atoms. The largest absolute Gasteiger partial charge is 0.468 e. The summed E-state index contributed by atoms with van der Waals surface area (Å²) in [7, 11) is 1.45. The molecular formula is C13H28N2O2. The Kier molecular flexibility index (Phi) is 8.17. The minimum absolute atomic E-state index is 0.174. The van der Waals surface area contributed by atoms with Crippen molar-refractivity contribution in [1.29, 1.82) is 0 Å². The highest BCUT2D eigenvalue weighted by Gasteiger charge is 2.33. The smallest absolute Gasteiger partial charge is 0.325 e. The molecule has 0 aliphatic carbocycles. The number of nitrogens with one attached hydrogen (secondary N) is 1. The van der Waals surface area contributed by atoms with E-state index in [-0.39, 0.29) is 5.97 Å². The highest BCUT2D eigenvalue weighted by Crippen LogP contribution is 2.13. The maximum absolute atomic E-state index is 11.8. The Morgan fingerprint density at radius 1 is 1.29 bits per heavy atom. The van der Waals surface area contributed by atoms with E-state index < -0.39 is 5.54 Å². The second-order valence-electron chi connectivity index (χ2n) is 4.54. The molecule has 0 aliphatic heterocycles. The monoisotopic (exact) mass is 244 g/mol. The van der Waals surface area contributed by atoms with Crippen molar-refractivity contribution >= 4 is 5.97 Å². The van der Waals surface area contributed by atoms with Crippen molar-refractivity contribution in [1.82, 2.24) is 10.2 Å². The zero-order valence-electron chi connectivity index (χ0n) is 12.0. The zero-order chi connectivity index (χ0) is 13.3. The molecule has 0 aromatic heterocycles. The summed E-state index contributed by atoms with van der Waals surface area (Å²) >= 11 is 0. The van der Waals surface area contributed by atoms with Gasteiger partial charge in [-0.05, 0) is 39.4 Å². The number of carbonyl (C=O) groups excluding carboxylic acids is 1. The highest BCUT2D eigenvalue weighted by molar-refractivity contribution is 5.80. The standard InChI is InChI=1S/C13H28N2O2/c1-6-10-15(8-3)11-9-13(4,14-7-2)12(16)17-5/h14H,6-11H2,1-5H3. The van der Waals surface area contributed by atoms with E-state index in [0.717, 1.165) is 39.0 Å². The van der Waals surface area contributed by atoms with Crippen LogP contribution in [0.1, 0.15) is 40.5 Å². The first-order chi connectivity index (χ1) is 8.03. The van der Waals surface area contributed by atoms with E-state index >= 15 is 0 Å². The predicted molar refractivity (Wildman–Crippen MR) is 71.1 cm³/mol. The van der Waals surface area contributed by atoms with Gasteiger partial charge >= 0.3 is 5.97 Å². The third kappa shape index (κ3) is 5.50. The van der Waals surface area contributed by atoms with Gasteiger partial charge in [-0.25, -0.2) is 0 Å². The first-order valence-electron chi connectivity index (χ1n) is 6.59. The summed E-state index contributed by atoms with van der Waals surface area (Å²) in [5.41, 5.74) is -0.565. The Hall–Kier alpha value is -0.610. The number of hydrogen-bond donors (Lipinski definition) is 1. The summed E-state index contributed by atoms with van der Waals surface area (Å²) in [4.78, 5) is 14.1. The van der Waals surface area contributed by atoms with Crippen LogP contribution in [0.4, 0.5) is 0 Å². The van der Waals surface area contributed by atoms with E-state index in [1.54, 1.807) is 0 Å². The molecule has 0 aromatic rings. The van der Waals surface area contributed by atoms with E-state index in [0.29, 0.717) is 0 Å². The first kappa shape index (κ1) is 16.4. The molecule has 0 radical (unpaired) electrons. The fraction of sp³-hybridized carbons (Fsp3) is 0.923. The van der Waals surface area contributed by atoms with Crippen molar-refractivity contribution in [3.05, 3.63) is 0 Å². The molecule has 17 heavy (non-hydrogen) atoms. The Morgan fingerprint density at radius 2 is 1.94 bits per heavy atom. The number of rotatable bonds is 9. The van der Waals surface area contributed by atoms with Crippen molar-refractivity contribution in [2.24, 2.45) is 0 Å². The van der Waals surface area contributed by atoms with Gasteiger partial charge in [-0.3, -0.25) is 4.79 Å². The molecule has 4 heteroatoms. The molecule has 1 unspecified atom stereocenters. The molecular weight excluding hydrogens is 216 g/mol. The predicted octanol–water partition coefficient (Wildman–Crippen LogP) is 1.65. The molecule has 0 amide bonds. The average molecular weight is 244 g/mol. The lowest BCUT2D eigenvalue weighted by atomic mass is 9.97. The highest BCUT2D eigenvalue weighted by atomic mass is 16.5. The summed E-state index contributed by atoms with van der Waals surface area (Å²) in [6.45, 7) is 12.0. The second kappa shape index (κ2) is 8.48. The van der Waals surface area contributed by atoms with Gasteiger partial charge in [0.15, 0.2) is 0 Å². The molecule has 0 rings (SSSR count). The van der Waals surface area contributed by atoms with Crippen molar-refractivity contribution < 1.29 is 9.53 Å². The summed E-state index contributed by atoms with van der Waals surface area (Å²) in [5.74, 6) is -0.174. The third-order valence-electron chi connectivity index (χ3n) is 3.12. The van der Waals surface area contributed by atoms with Gasteiger partial charge in [0.1, 0.15) is 5.54 Å². The first-order valence-corrected chi connectivity index (χ1v) is 6.59. The molecule has 0 saturated heterocycles. The second-order valence-corrected chi connectivity index (χ2v) is 4.54. The van der Waals surface area contributed by atoms with Crippen LogP contribution in [0.15, 0.2) is 0 Å². The van der Waals surface area contributed by atoms with E-state index in [4.69, 9.17) is 4.74 Å². The number of ether oxygens (including phenoxy) is 1. The minimum Gasteiger partial charge on any atom is -0.468 e. The molecule has 0 bridgehead atoms. The lowest BCUT2D eigenvalue weighted by molar-refractivity contribution is -0.148. The molecule has 1 N–H and O–H groups in total. The van der Waals surface area contributed by atoms with Gasteiger partial charge in [-0.2, -0.15) is 0 Å². The van der Waals surface area contributed by atoms with Crippen LogP contribution in [-0.4, -0.2) is 49.7 Å². The van der Waals surface area contributed by atoms with Gasteiger partial charge in [0.05, 0.1) is 7.11 Å². The van der Waals surface area contributed by atoms with Crippen molar-refractivity contribution in [3.8, 4) is 0 Å². The fourth-order valence-corrected chi connectivity index (χ4v) is 2.00. The average Bonchev–Trinajstić information content (AvgIpc) is 2.33. The summed E-state index contributed by atoms with van der Waals surface area (Å²) in [6, 6.07) is 0. The SMILES string of the molecule is CCCN(CC)CCC(C)(NCC)C(=O)OC. The molecule has 0 aliphatic rings. The van der Waals surface area contributed by atoms with E-state index in [2.05, 4.69) is 24.1 Å². The van der Waals surface area contributed by atoms with Crippen LogP contribution in [0.2, 0.25) is 0 Å². The fourth-order valence-electron chi connectivity index (χ4n) is 2.00. The molecule has 0 fully saturated rings. The summed E-state index contributed by atoms with van der Waals surface area (Å²) in [5, 5.41) is 3.23. The Balaban J connectivity index is 4.38. The van der Waals surface area contributed by atoms with Crippen LogP contribution in [-0.2, 0) is 9.53 Å². The van der Waals surface area contributed by atoms with Crippen LogP contribution < -0.4 is 5.32 Å². The maximum Gasteiger partial charge on any atom is 0.325 e. The van der Waals surface area contributed by atoms with E-state index in [9.17, 15) is 4.79 Å². The Labute approximate surface area is 106 Å². The number of carbonyl (C=O) groups is 1. The quantitative estimate of drug-likeness (QED) is 0.626. The lowest BCUT2D eigenvalue weighted by Crippen LogP contribution is -2.52. The third-order valence-corrected chi connectivity index (χ3v) is 3.12. The molecule has 1 atom stereocenters. The topological polar surface area (TPSA) is 41.6 Å². The Morgan fingerprint density at radius 3 is 2.35 bits per heavy atom. The summed E-state index contributed by atoms with van der Waals surface area (Å²) < 4.78 is 4.87. The van der Waals surface area contributed by atoms with E-state index in [1.165, 1.54) is 7.11 Å². The number of hydrogen-bond acceptors (Lipinski definition) is 4. The molecule has 0 heterocycles. The number of methoxy groups -OCH3 is 1. The van der Waals surface area contributed by atoms with Crippen LogP contribution in [0.5, 0.6) is 0 Å². The zero-order valence-corrected chi connectivity index (χ0v) is 12.0. The van der Waals surface area contributed by atoms with Gasteiger partial charge in [0.2, 0.25) is 0 Å². The lowest BCUT2D eigenvalue weighted by Gasteiger charge is -2.30. The van der Waals surface area contributed by atoms with Crippen molar-refractivity contribution in [2.75, 3.05) is 33.3 Å². The van der Waals surface area contributed by atoms with Gasteiger partial charge in [0.25, 0.3) is 0 Å². The molecule has 0 saturated carbocycles. The number of nitrogens with zero attached hydrogens (tertiary/aromatic N) is 1. The Bertz CT molecular complexity index is 221. The van der Waals surface area contributed by atoms with Gasteiger partial charge in [-0.15, -0.1) is 0 Å². The van der Waals surface area contributed by atoms with E-state index in [1.807, 2.05) is 13.8 Å². The van der Waals surface area contributed by atoms with Gasteiger partial charge in [0, 0.05) is 6.54 Å². The molecule has 4 nitrogen and oxygen atoms in total. The van der Waals surface area contributed by atoms with Crippen LogP contribution in [0.25, 0.3) is 0 Å². The number of esters is 1. The normalized spacial score (nSPS) is 14.7. The maximum atomic E-state index is 11.8. The van der Waals surface area contributed by atoms with Crippen LogP contribution >= 0.6 is 0 Å². The van der Waals surface area contributed by atoms with Crippen LogP contribution in [0, 0.1) is 0 Å². The molecule has 102 valence electrons.